The Hall–Kier alpha value is -1.45. The quantitative estimate of drug-likeness (QED) is 0.612. The Morgan fingerprint density at radius 1 is 1.56 bits per heavy atom. The van der Waals surface area contributed by atoms with Gasteiger partial charge in [0.05, 0.1) is 0 Å². The van der Waals surface area contributed by atoms with E-state index in [-0.39, 0.29) is 5.91 Å². The third-order valence-electron chi connectivity index (χ3n) is 2.76. The van der Waals surface area contributed by atoms with Gasteiger partial charge in [-0.1, -0.05) is 12.8 Å². The van der Waals surface area contributed by atoms with Crippen LogP contribution in [0.4, 0.5) is 4.39 Å². The lowest BCUT2D eigenvalue weighted by molar-refractivity contribution is 0.0952. The van der Waals surface area contributed by atoms with Gasteiger partial charge in [-0.25, -0.2) is 4.98 Å². The summed E-state index contributed by atoms with van der Waals surface area (Å²) in [6.07, 6.45) is 6.16. The molecule has 1 aliphatic carbocycles. The van der Waals surface area contributed by atoms with Gasteiger partial charge in [0.25, 0.3) is 5.91 Å². The van der Waals surface area contributed by atoms with Crippen LogP contribution in [-0.4, -0.2) is 17.4 Å². The van der Waals surface area contributed by atoms with Crippen molar-refractivity contribution in [2.75, 3.05) is 6.54 Å². The second-order valence-corrected chi connectivity index (χ2v) is 4.21. The Kier molecular flexibility index (Phi) is 3.49. The van der Waals surface area contributed by atoms with Gasteiger partial charge in [-0.2, -0.15) is 4.39 Å². The fourth-order valence-electron chi connectivity index (χ4n) is 1.64. The van der Waals surface area contributed by atoms with Gasteiger partial charge in [0.1, 0.15) is 0 Å². The molecule has 0 atom stereocenters. The number of halogens is 1. The van der Waals surface area contributed by atoms with Crippen LogP contribution in [0.15, 0.2) is 18.3 Å². The lowest BCUT2D eigenvalue weighted by Gasteiger charge is -2.04. The highest BCUT2D eigenvalue weighted by atomic mass is 19.1. The minimum Gasteiger partial charge on any atom is -0.352 e. The molecule has 16 heavy (non-hydrogen) atoms. The van der Waals surface area contributed by atoms with Crippen molar-refractivity contribution >= 4 is 5.91 Å². The second-order valence-electron chi connectivity index (χ2n) is 4.21. The second kappa shape index (κ2) is 5.05. The average Bonchev–Trinajstić information content (AvgIpc) is 3.08. The van der Waals surface area contributed by atoms with Gasteiger partial charge >= 0.3 is 0 Å². The summed E-state index contributed by atoms with van der Waals surface area (Å²) in [4.78, 5) is 15.0. The minimum absolute atomic E-state index is 0.225. The van der Waals surface area contributed by atoms with Gasteiger partial charge in [-0.3, -0.25) is 4.79 Å². The zero-order chi connectivity index (χ0) is 11.4. The van der Waals surface area contributed by atoms with Gasteiger partial charge in [0, 0.05) is 24.4 Å². The minimum atomic E-state index is -0.620. The van der Waals surface area contributed by atoms with Crippen molar-refractivity contribution in [3.8, 4) is 0 Å². The molecule has 0 saturated heterocycles. The number of aromatic nitrogens is 1. The van der Waals surface area contributed by atoms with Crippen molar-refractivity contribution in [3.63, 3.8) is 0 Å². The molecule has 0 spiro atoms. The van der Waals surface area contributed by atoms with Crippen molar-refractivity contribution in [2.24, 2.45) is 5.92 Å². The Morgan fingerprint density at radius 2 is 2.38 bits per heavy atom. The van der Waals surface area contributed by atoms with Gasteiger partial charge < -0.3 is 5.32 Å². The van der Waals surface area contributed by atoms with Gasteiger partial charge in [0.15, 0.2) is 0 Å². The summed E-state index contributed by atoms with van der Waals surface area (Å²) >= 11 is 0. The maximum Gasteiger partial charge on any atom is 0.251 e. The first-order chi connectivity index (χ1) is 7.75. The normalized spacial score (nSPS) is 14.8. The Morgan fingerprint density at radius 3 is 3.06 bits per heavy atom. The summed E-state index contributed by atoms with van der Waals surface area (Å²) in [5.74, 6) is 0.0398. The van der Waals surface area contributed by atoms with Crippen molar-refractivity contribution in [2.45, 2.75) is 25.7 Å². The molecule has 2 rings (SSSR count). The van der Waals surface area contributed by atoms with E-state index in [0.29, 0.717) is 12.1 Å². The van der Waals surface area contributed by atoms with E-state index >= 15 is 0 Å². The van der Waals surface area contributed by atoms with E-state index in [1.54, 1.807) is 0 Å². The van der Waals surface area contributed by atoms with E-state index in [0.717, 1.165) is 18.4 Å². The maximum absolute atomic E-state index is 12.7. The zero-order valence-electron chi connectivity index (χ0n) is 9.08. The van der Waals surface area contributed by atoms with Crippen molar-refractivity contribution in [1.82, 2.24) is 10.3 Å². The molecule has 1 amide bonds. The number of pyridine rings is 1. The zero-order valence-corrected chi connectivity index (χ0v) is 9.08. The highest BCUT2D eigenvalue weighted by molar-refractivity contribution is 5.93. The molecule has 1 fully saturated rings. The summed E-state index contributed by atoms with van der Waals surface area (Å²) in [6.45, 7) is 0.666. The third-order valence-corrected chi connectivity index (χ3v) is 2.76. The Labute approximate surface area is 94.1 Å². The van der Waals surface area contributed by atoms with Crippen molar-refractivity contribution in [1.29, 1.82) is 0 Å². The highest BCUT2D eigenvalue weighted by Gasteiger charge is 2.20. The number of carbonyl (C=O) groups excluding carboxylic acids is 1. The predicted octanol–water partition coefficient (Wildman–Crippen LogP) is 2.14. The van der Waals surface area contributed by atoms with Crippen LogP contribution in [0.3, 0.4) is 0 Å². The number of nitrogens with one attached hydrogen (secondary N) is 1. The van der Waals surface area contributed by atoms with Crippen LogP contribution in [0.5, 0.6) is 0 Å². The number of nitrogens with zero attached hydrogens (tertiary/aromatic N) is 1. The fourth-order valence-corrected chi connectivity index (χ4v) is 1.64. The molecule has 1 saturated carbocycles. The van der Waals surface area contributed by atoms with E-state index in [9.17, 15) is 9.18 Å². The van der Waals surface area contributed by atoms with Crippen LogP contribution in [0.2, 0.25) is 0 Å². The molecule has 1 N–H and O–H groups in total. The maximum atomic E-state index is 12.7. The summed E-state index contributed by atoms with van der Waals surface area (Å²) in [5.41, 5.74) is 0.332. The first-order valence-electron chi connectivity index (χ1n) is 5.65. The first kappa shape index (κ1) is 11.0. The molecule has 4 heteroatoms. The first-order valence-corrected chi connectivity index (χ1v) is 5.65. The number of rotatable bonds is 5. The molecule has 1 aliphatic rings. The molecule has 0 bridgehead atoms. The molecule has 3 nitrogen and oxygen atoms in total. The smallest absolute Gasteiger partial charge is 0.251 e. The number of amides is 1. The Balaban J connectivity index is 1.73. The molecule has 0 aromatic carbocycles. The average molecular weight is 222 g/mol. The van der Waals surface area contributed by atoms with Crippen LogP contribution in [0.1, 0.15) is 36.0 Å². The highest BCUT2D eigenvalue weighted by Crippen LogP contribution is 2.33. The summed E-state index contributed by atoms with van der Waals surface area (Å²) in [5, 5.41) is 2.78. The van der Waals surface area contributed by atoms with E-state index in [1.165, 1.54) is 31.5 Å². The standard InChI is InChI=1S/C12H15FN2O/c13-11-8-10(5-7-14-11)12(16)15-6-1-2-9-3-4-9/h5,7-9H,1-4,6H2,(H,15,16). The van der Waals surface area contributed by atoms with Crippen molar-refractivity contribution < 1.29 is 9.18 Å². The van der Waals surface area contributed by atoms with Gasteiger partial charge in [0.2, 0.25) is 5.95 Å². The molecule has 1 heterocycles. The summed E-state index contributed by atoms with van der Waals surface area (Å²) < 4.78 is 12.7. The molecular formula is C12H15FN2O. The van der Waals surface area contributed by atoms with Crippen LogP contribution < -0.4 is 5.32 Å². The molecule has 0 aliphatic heterocycles. The largest absolute Gasteiger partial charge is 0.352 e. The molecule has 1 aromatic heterocycles. The van der Waals surface area contributed by atoms with Gasteiger partial charge in [-0.05, 0) is 24.8 Å². The summed E-state index contributed by atoms with van der Waals surface area (Å²) in [7, 11) is 0. The van der Waals surface area contributed by atoms with Crippen LogP contribution in [0.25, 0.3) is 0 Å². The number of hydrogen-bond acceptors (Lipinski definition) is 2. The Bertz CT molecular complexity index is 377. The van der Waals surface area contributed by atoms with E-state index < -0.39 is 5.95 Å². The number of carbonyl (C=O) groups is 1. The fraction of sp³-hybridized carbons (Fsp3) is 0.500. The predicted molar refractivity (Wildman–Crippen MR) is 58.5 cm³/mol. The SMILES string of the molecule is O=C(NCCCC1CC1)c1ccnc(F)c1. The lowest BCUT2D eigenvalue weighted by Crippen LogP contribution is -2.24. The molecule has 1 aromatic rings. The summed E-state index contributed by atoms with van der Waals surface area (Å²) in [6, 6.07) is 2.66. The lowest BCUT2D eigenvalue weighted by atomic mass is 10.2. The molecule has 86 valence electrons. The van der Waals surface area contributed by atoms with Crippen molar-refractivity contribution in [3.05, 3.63) is 29.8 Å². The number of hydrogen-bond donors (Lipinski definition) is 1. The monoisotopic (exact) mass is 222 g/mol. The molecule has 0 unspecified atom stereocenters. The van der Waals surface area contributed by atoms with Crippen LogP contribution >= 0.6 is 0 Å². The van der Waals surface area contributed by atoms with E-state index in [4.69, 9.17) is 0 Å². The van der Waals surface area contributed by atoms with E-state index in [1.807, 2.05) is 0 Å². The van der Waals surface area contributed by atoms with E-state index in [2.05, 4.69) is 10.3 Å². The third kappa shape index (κ3) is 3.29. The molecule has 0 radical (unpaired) electrons. The molecular weight excluding hydrogens is 207 g/mol. The van der Waals surface area contributed by atoms with Crippen LogP contribution in [-0.2, 0) is 0 Å². The van der Waals surface area contributed by atoms with Gasteiger partial charge in [-0.15, -0.1) is 0 Å². The topological polar surface area (TPSA) is 42.0 Å². The van der Waals surface area contributed by atoms with Crippen LogP contribution in [0, 0.1) is 11.9 Å².